The van der Waals surface area contributed by atoms with E-state index >= 15 is 0 Å². The molecule has 1 fully saturated rings. The quantitative estimate of drug-likeness (QED) is 0.495. The molecule has 4 aromatic rings. The van der Waals surface area contributed by atoms with Crippen LogP contribution in [0.1, 0.15) is 22.1 Å². The van der Waals surface area contributed by atoms with Crippen molar-refractivity contribution >= 4 is 27.5 Å². The van der Waals surface area contributed by atoms with Gasteiger partial charge < -0.3 is 15.2 Å². The van der Waals surface area contributed by atoms with E-state index in [4.69, 9.17) is 20.2 Å². The van der Waals surface area contributed by atoms with Crippen molar-refractivity contribution in [1.29, 1.82) is 0 Å². The molecule has 1 saturated heterocycles. The number of morpholine rings is 1. The van der Waals surface area contributed by atoms with Crippen molar-refractivity contribution in [3.63, 3.8) is 0 Å². The molecular formula is C25H25N5O2S. The summed E-state index contributed by atoms with van der Waals surface area (Å²) in [6, 6.07) is 14.7. The van der Waals surface area contributed by atoms with Crippen LogP contribution in [0, 0.1) is 0 Å². The number of ether oxygens (including phenoxy) is 2. The number of anilines is 1. The van der Waals surface area contributed by atoms with Gasteiger partial charge in [0.1, 0.15) is 10.8 Å². The van der Waals surface area contributed by atoms with E-state index in [1.165, 1.54) is 11.1 Å². The highest BCUT2D eigenvalue weighted by atomic mass is 32.1. The van der Waals surface area contributed by atoms with Crippen molar-refractivity contribution in [2.45, 2.75) is 18.9 Å². The minimum atomic E-state index is 0.256. The van der Waals surface area contributed by atoms with Gasteiger partial charge in [0.05, 0.1) is 35.7 Å². The molecule has 0 radical (unpaired) electrons. The summed E-state index contributed by atoms with van der Waals surface area (Å²) in [7, 11) is 0. The molecular weight excluding hydrogens is 434 g/mol. The molecule has 0 bridgehead atoms. The van der Waals surface area contributed by atoms with Crippen molar-refractivity contribution in [3.05, 3.63) is 64.8 Å². The first-order chi connectivity index (χ1) is 16.2. The van der Waals surface area contributed by atoms with Crippen LogP contribution >= 0.6 is 11.3 Å². The molecule has 0 aliphatic carbocycles. The second kappa shape index (κ2) is 8.70. The van der Waals surface area contributed by atoms with Crippen LogP contribution in [0.3, 0.4) is 0 Å². The average Bonchev–Trinajstić information content (AvgIpc) is 3.28. The minimum Gasteiger partial charge on any atom is -0.493 e. The summed E-state index contributed by atoms with van der Waals surface area (Å²) in [6.45, 7) is 5.24. The molecule has 0 amide bonds. The number of nitrogens with zero attached hydrogens (tertiary/aromatic N) is 4. The minimum absolute atomic E-state index is 0.256. The lowest BCUT2D eigenvalue weighted by Crippen LogP contribution is -2.35. The molecule has 7 nitrogen and oxygen atoms in total. The Bertz CT molecular complexity index is 1300. The third-order valence-corrected chi connectivity index (χ3v) is 7.45. The number of rotatable bonds is 4. The topological polar surface area (TPSA) is 86.4 Å². The Hall–Kier alpha value is -3.07. The van der Waals surface area contributed by atoms with Gasteiger partial charge in [0.15, 0.2) is 0 Å². The summed E-state index contributed by atoms with van der Waals surface area (Å²) in [5.41, 5.74) is 11.2. The van der Waals surface area contributed by atoms with Crippen LogP contribution in [-0.4, -0.2) is 52.8 Å². The molecule has 33 heavy (non-hydrogen) atoms. The van der Waals surface area contributed by atoms with E-state index in [-0.39, 0.29) is 11.9 Å². The Balaban J connectivity index is 1.23. The summed E-state index contributed by atoms with van der Waals surface area (Å²) in [6.07, 6.45) is 2.63. The highest BCUT2D eigenvalue weighted by Gasteiger charge is 2.25. The van der Waals surface area contributed by atoms with Crippen LogP contribution in [0.5, 0.6) is 5.75 Å². The van der Waals surface area contributed by atoms with Crippen LogP contribution < -0.4 is 10.5 Å². The van der Waals surface area contributed by atoms with Crippen molar-refractivity contribution in [3.8, 4) is 17.0 Å². The molecule has 8 heteroatoms. The van der Waals surface area contributed by atoms with Gasteiger partial charge in [0.25, 0.3) is 0 Å². The zero-order valence-corrected chi connectivity index (χ0v) is 19.1. The molecule has 2 aromatic carbocycles. The van der Waals surface area contributed by atoms with Gasteiger partial charge in [-0.3, -0.25) is 4.90 Å². The van der Waals surface area contributed by atoms with E-state index in [2.05, 4.69) is 45.2 Å². The highest BCUT2D eigenvalue weighted by molar-refractivity contribution is 7.18. The number of hydrogen-bond donors (Lipinski definition) is 1. The normalized spacial score (nSPS) is 18.7. The SMILES string of the molecule is Nc1nccc(-c2ccc3nc(C4COc5ccc(CN6CCOCC6)cc5C4)sc3c2)n1. The van der Waals surface area contributed by atoms with E-state index in [1.807, 2.05) is 12.1 Å². The maximum Gasteiger partial charge on any atom is 0.220 e. The molecule has 2 aliphatic rings. The van der Waals surface area contributed by atoms with Crippen LogP contribution in [0.15, 0.2) is 48.7 Å². The first-order valence-corrected chi connectivity index (χ1v) is 12.1. The van der Waals surface area contributed by atoms with E-state index in [9.17, 15) is 0 Å². The van der Waals surface area contributed by atoms with Gasteiger partial charge in [-0.2, -0.15) is 0 Å². The van der Waals surface area contributed by atoms with Crippen molar-refractivity contribution in [1.82, 2.24) is 19.9 Å². The number of aromatic nitrogens is 3. The lowest BCUT2D eigenvalue weighted by Gasteiger charge is -2.28. The molecule has 2 N–H and O–H groups in total. The second-order valence-electron chi connectivity index (χ2n) is 8.58. The molecule has 168 valence electrons. The Morgan fingerprint density at radius 1 is 1.06 bits per heavy atom. The fourth-order valence-corrected chi connectivity index (χ4v) is 5.62. The van der Waals surface area contributed by atoms with Gasteiger partial charge in [0, 0.05) is 37.3 Å². The number of nitrogens with two attached hydrogens (primary N) is 1. The van der Waals surface area contributed by atoms with Gasteiger partial charge in [-0.1, -0.05) is 18.2 Å². The second-order valence-corrected chi connectivity index (χ2v) is 9.64. The Labute approximate surface area is 196 Å². The smallest absolute Gasteiger partial charge is 0.220 e. The molecule has 4 heterocycles. The average molecular weight is 460 g/mol. The summed E-state index contributed by atoms with van der Waals surface area (Å²) < 4.78 is 12.8. The molecule has 1 unspecified atom stereocenters. The molecule has 0 spiro atoms. The van der Waals surface area contributed by atoms with E-state index in [0.29, 0.717) is 6.61 Å². The zero-order chi connectivity index (χ0) is 22.2. The largest absolute Gasteiger partial charge is 0.493 e. The van der Waals surface area contributed by atoms with Gasteiger partial charge >= 0.3 is 0 Å². The van der Waals surface area contributed by atoms with Gasteiger partial charge in [-0.05, 0) is 41.8 Å². The first kappa shape index (κ1) is 20.5. The summed E-state index contributed by atoms with van der Waals surface area (Å²) in [5, 5.41) is 1.12. The van der Waals surface area contributed by atoms with Gasteiger partial charge in [0.2, 0.25) is 5.95 Å². The van der Waals surface area contributed by atoms with Crippen LogP contribution in [0.4, 0.5) is 5.95 Å². The predicted octanol–water partition coefficient (Wildman–Crippen LogP) is 3.89. The van der Waals surface area contributed by atoms with Crippen molar-refractivity contribution in [2.75, 3.05) is 38.6 Å². The third kappa shape index (κ3) is 4.29. The molecule has 0 saturated carbocycles. The Morgan fingerprint density at radius 3 is 2.85 bits per heavy atom. The number of hydrogen-bond acceptors (Lipinski definition) is 8. The maximum atomic E-state index is 6.14. The van der Waals surface area contributed by atoms with Crippen molar-refractivity contribution < 1.29 is 9.47 Å². The van der Waals surface area contributed by atoms with Crippen LogP contribution in [0.25, 0.3) is 21.5 Å². The first-order valence-electron chi connectivity index (χ1n) is 11.3. The number of thiazole rings is 1. The van der Waals surface area contributed by atoms with Gasteiger partial charge in [-0.25, -0.2) is 15.0 Å². The van der Waals surface area contributed by atoms with Crippen LogP contribution in [0.2, 0.25) is 0 Å². The lowest BCUT2D eigenvalue weighted by molar-refractivity contribution is 0.0341. The van der Waals surface area contributed by atoms with Gasteiger partial charge in [-0.15, -0.1) is 11.3 Å². The van der Waals surface area contributed by atoms with E-state index in [1.54, 1.807) is 17.5 Å². The van der Waals surface area contributed by atoms with E-state index < -0.39 is 0 Å². The number of nitrogen functional groups attached to an aromatic ring is 1. The molecule has 2 aliphatic heterocycles. The third-order valence-electron chi connectivity index (χ3n) is 6.27. The Kier molecular flexibility index (Phi) is 5.41. The molecule has 6 rings (SSSR count). The maximum absolute atomic E-state index is 6.14. The highest BCUT2D eigenvalue weighted by Crippen LogP contribution is 2.37. The Morgan fingerprint density at radius 2 is 1.97 bits per heavy atom. The van der Waals surface area contributed by atoms with Crippen LogP contribution in [-0.2, 0) is 17.7 Å². The summed E-state index contributed by atoms with van der Waals surface area (Å²) >= 11 is 1.74. The lowest BCUT2D eigenvalue weighted by atomic mass is 9.95. The number of benzene rings is 2. The standard InChI is InChI=1S/C25H25N5O2S/c26-25-27-6-5-20(29-25)17-2-3-21-23(13-17)33-24(28-21)19-12-18-11-16(1-4-22(18)32-15-19)14-30-7-9-31-10-8-30/h1-6,11,13,19H,7-10,12,14-15H2,(H2,26,27,29). The molecule has 1 atom stereocenters. The summed E-state index contributed by atoms with van der Waals surface area (Å²) in [5.74, 6) is 1.54. The monoisotopic (exact) mass is 459 g/mol. The predicted molar refractivity (Wildman–Crippen MR) is 130 cm³/mol. The fourth-order valence-electron chi connectivity index (χ4n) is 4.53. The summed E-state index contributed by atoms with van der Waals surface area (Å²) in [4.78, 5) is 15.7. The molecule has 2 aromatic heterocycles. The zero-order valence-electron chi connectivity index (χ0n) is 18.2. The number of fused-ring (bicyclic) bond motifs is 2. The fraction of sp³-hybridized carbons (Fsp3) is 0.320. The van der Waals surface area contributed by atoms with E-state index in [0.717, 1.165) is 71.5 Å². The van der Waals surface area contributed by atoms with Crippen molar-refractivity contribution in [2.24, 2.45) is 0 Å².